The number of benzene rings is 1. The van der Waals surface area contributed by atoms with E-state index in [1.165, 1.54) is 0 Å². The average molecular weight is 265 g/mol. The van der Waals surface area contributed by atoms with Crippen LogP contribution in [0.1, 0.15) is 45.7 Å². The van der Waals surface area contributed by atoms with E-state index in [0.29, 0.717) is 6.61 Å². The lowest BCUT2D eigenvalue weighted by atomic mass is 10.0. The standard InChI is InChI=1S/C15H23NO3/c1-5-18-14(17)10-13(16)11-6-8-12(9-7-11)19-15(2,3)4/h6-9,13H,5,10,16H2,1-4H3. The molecule has 1 aromatic rings. The van der Waals surface area contributed by atoms with Gasteiger partial charge in [0.15, 0.2) is 0 Å². The molecule has 0 saturated heterocycles. The lowest BCUT2D eigenvalue weighted by Gasteiger charge is -2.21. The van der Waals surface area contributed by atoms with E-state index in [1.54, 1.807) is 6.92 Å². The van der Waals surface area contributed by atoms with Crippen LogP contribution in [0.2, 0.25) is 0 Å². The SMILES string of the molecule is CCOC(=O)CC(N)c1ccc(OC(C)(C)C)cc1. The summed E-state index contributed by atoms with van der Waals surface area (Å²) in [5, 5.41) is 0. The highest BCUT2D eigenvalue weighted by Gasteiger charge is 2.14. The fourth-order valence-electron chi connectivity index (χ4n) is 1.65. The molecule has 0 aliphatic rings. The molecular formula is C15H23NO3. The average Bonchev–Trinajstić information content (AvgIpc) is 2.27. The molecule has 0 fully saturated rings. The monoisotopic (exact) mass is 265 g/mol. The Kier molecular flexibility index (Phi) is 5.36. The molecule has 1 aromatic carbocycles. The number of esters is 1. The summed E-state index contributed by atoms with van der Waals surface area (Å²) in [4.78, 5) is 11.4. The predicted octanol–water partition coefficient (Wildman–Crippen LogP) is 2.82. The Balaban J connectivity index is 2.63. The number of rotatable bonds is 5. The van der Waals surface area contributed by atoms with E-state index in [1.807, 2.05) is 45.0 Å². The highest BCUT2D eigenvalue weighted by Crippen LogP contribution is 2.22. The van der Waals surface area contributed by atoms with Crippen LogP contribution in [-0.4, -0.2) is 18.2 Å². The maximum absolute atomic E-state index is 11.4. The van der Waals surface area contributed by atoms with Crippen molar-refractivity contribution in [1.82, 2.24) is 0 Å². The van der Waals surface area contributed by atoms with Crippen LogP contribution in [0, 0.1) is 0 Å². The molecule has 4 heteroatoms. The van der Waals surface area contributed by atoms with Gasteiger partial charge in [-0.25, -0.2) is 0 Å². The van der Waals surface area contributed by atoms with Gasteiger partial charge in [-0.3, -0.25) is 4.79 Å². The Bertz CT molecular complexity index is 406. The van der Waals surface area contributed by atoms with Crippen LogP contribution in [0.15, 0.2) is 24.3 Å². The normalized spacial score (nSPS) is 12.9. The Morgan fingerprint density at radius 2 is 1.84 bits per heavy atom. The first-order valence-corrected chi connectivity index (χ1v) is 6.52. The van der Waals surface area contributed by atoms with Gasteiger partial charge in [0.05, 0.1) is 13.0 Å². The van der Waals surface area contributed by atoms with Gasteiger partial charge in [0.2, 0.25) is 0 Å². The second-order valence-electron chi connectivity index (χ2n) is 5.40. The van der Waals surface area contributed by atoms with E-state index in [4.69, 9.17) is 15.2 Å². The fourth-order valence-corrected chi connectivity index (χ4v) is 1.65. The molecule has 1 atom stereocenters. The van der Waals surface area contributed by atoms with Crippen LogP contribution in [0.3, 0.4) is 0 Å². The topological polar surface area (TPSA) is 61.5 Å². The van der Waals surface area contributed by atoms with Gasteiger partial charge in [-0.1, -0.05) is 12.1 Å². The van der Waals surface area contributed by atoms with Crippen LogP contribution >= 0.6 is 0 Å². The Morgan fingerprint density at radius 3 is 2.32 bits per heavy atom. The first-order valence-electron chi connectivity index (χ1n) is 6.52. The maximum atomic E-state index is 11.4. The van der Waals surface area contributed by atoms with Crippen LogP contribution in [0.25, 0.3) is 0 Å². The summed E-state index contributed by atoms with van der Waals surface area (Å²) in [6, 6.07) is 7.15. The minimum atomic E-state index is -0.345. The van der Waals surface area contributed by atoms with Gasteiger partial charge in [0.1, 0.15) is 11.4 Å². The van der Waals surface area contributed by atoms with Gasteiger partial charge < -0.3 is 15.2 Å². The van der Waals surface area contributed by atoms with Crippen LogP contribution in [0.4, 0.5) is 0 Å². The third kappa shape index (κ3) is 5.75. The highest BCUT2D eigenvalue weighted by molar-refractivity contribution is 5.70. The summed E-state index contributed by atoms with van der Waals surface area (Å²) in [7, 11) is 0. The van der Waals surface area contributed by atoms with Gasteiger partial charge in [-0.2, -0.15) is 0 Å². The zero-order valence-electron chi connectivity index (χ0n) is 12.1. The smallest absolute Gasteiger partial charge is 0.307 e. The number of carbonyl (C=O) groups excluding carboxylic acids is 1. The predicted molar refractivity (Wildman–Crippen MR) is 75.0 cm³/mol. The molecule has 0 aliphatic heterocycles. The lowest BCUT2D eigenvalue weighted by Crippen LogP contribution is -2.23. The van der Waals surface area contributed by atoms with Crippen molar-refractivity contribution in [3.8, 4) is 5.75 Å². The minimum Gasteiger partial charge on any atom is -0.488 e. The minimum absolute atomic E-state index is 0.188. The van der Waals surface area contributed by atoms with Gasteiger partial charge in [0, 0.05) is 6.04 Å². The van der Waals surface area contributed by atoms with E-state index >= 15 is 0 Å². The van der Waals surface area contributed by atoms with Crippen molar-refractivity contribution >= 4 is 5.97 Å². The van der Waals surface area contributed by atoms with Crippen molar-refractivity contribution in [3.63, 3.8) is 0 Å². The van der Waals surface area contributed by atoms with Crippen molar-refractivity contribution in [2.75, 3.05) is 6.61 Å². The molecule has 1 rings (SSSR count). The largest absolute Gasteiger partial charge is 0.488 e. The summed E-state index contributed by atoms with van der Waals surface area (Å²) < 4.78 is 10.6. The molecule has 0 aliphatic carbocycles. The van der Waals surface area contributed by atoms with Gasteiger partial charge >= 0.3 is 5.97 Å². The molecule has 0 bridgehead atoms. The van der Waals surface area contributed by atoms with Crippen LogP contribution in [-0.2, 0) is 9.53 Å². The van der Waals surface area contributed by atoms with E-state index < -0.39 is 0 Å². The van der Waals surface area contributed by atoms with Crippen molar-refractivity contribution in [2.24, 2.45) is 5.73 Å². The molecule has 0 saturated carbocycles. The number of carbonyl (C=O) groups is 1. The summed E-state index contributed by atoms with van der Waals surface area (Å²) >= 11 is 0. The van der Waals surface area contributed by atoms with Crippen molar-refractivity contribution in [1.29, 1.82) is 0 Å². The number of hydrogen-bond donors (Lipinski definition) is 1. The molecule has 19 heavy (non-hydrogen) atoms. The molecule has 1 unspecified atom stereocenters. The molecule has 0 spiro atoms. The molecule has 0 radical (unpaired) electrons. The third-order valence-electron chi connectivity index (χ3n) is 2.42. The second kappa shape index (κ2) is 6.57. The zero-order valence-corrected chi connectivity index (χ0v) is 12.1. The van der Waals surface area contributed by atoms with Crippen LogP contribution < -0.4 is 10.5 Å². The Labute approximate surface area is 114 Å². The van der Waals surface area contributed by atoms with E-state index in [9.17, 15) is 4.79 Å². The third-order valence-corrected chi connectivity index (χ3v) is 2.42. The zero-order chi connectivity index (χ0) is 14.5. The molecule has 0 aromatic heterocycles. The number of hydrogen-bond acceptors (Lipinski definition) is 4. The number of nitrogens with two attached hydrogens (primary N) is 1. The molecular weight excluding hydrogens is 242 g/mol. The second-order valence-corrected chi connectivity index (χ2v) is 5.40. The van der Waals surface area contributed by atoms with Gasteiger partial charge in [-0.05, 0) is 45.4 Å². The van der Waals surface area contributed by atoms with Crippen molar-refractivity contribution in [3.05, 3.63) is 29.8 Å². The van der Waals surface area contributed by atoms with E-state index in [2.05, 4.69) is 0 Å². The summed E-state index contributed by atoms with van der Waals surface area (Å²) in [6.07, 6.45) is 0.188. The van der Waals surface area contributed by atoms with Crippen molar-refractivity contribution < 1.29 is 14.3 Å². The lowest BCUT2D eigenvalue weighted by molar-refractivity contribution is -0.143. The summed E-state index contributed by atoms with van der Waals surface area (Å²) in [5.74, 6) is 0.518. The Hall–Kier alpha value is -1.55. The summed E-state index contributed by atoms with van der Waals surface area (Å²) in [6.45, 7) is 8.14. The van der Waals surface area contributed by atoms with E-state index in [0.717, 1.165) is 11.3 Å². The van der Waals surface area contributed by atoms with E-state index in [-0.39, 0.29) is 24.0 Å². The Morgan fingerprint density at radius 1 is 1.26 bits per heavy atom. The molecule has 4 nitrogen and oxygen atoms in total. The quantitative estimate of drug-likeness (QED) is 0.832. The molecule has 2 N–H and O–H groups in total. The van der Waals surface area contributed by atoms with Crippen molar-refractivity contribution in [2.45, 2.75) is 45.8 Å². The van der Waals surface area contributed by atoms with Crippen LogP contribution in [0.5, 0.6) is 5.75 Å². The maximum Gasteiger partial charge on any atom is 0.307 e. The summed E-state index contributed by atoms with van der Waals surface area (Å²) in [5.41, 5.74) is 6.63. The molecule has 0 heterocycles. The van der Waals surface area contributed by atoms with Gasteiger partial charge in [-0.15, -0.1) is 0 Å². The first-order chi connectivity index (χ1) is 8.81. The number of ether oxygens (including phenoxy) is 2. The van der Waals surface area contributed by atoms with Gasteiger partial charge in [0.25, 0.3) is 0 Å². The first kappa shape index (κ1) is 15.5. The molecule has 0 amide bonds. The fraction of sp³-hybridized carbons (Fsp3) is 0.533. The molecule has 106 valence electrons. The highest BCUT2D eigenvalue weighted by atomic mass is 16.5.